The minimum Gasteiger partial charge on any atom is -0.496 e. The number of methoxy groups -OCH3 is 1. The monoisotopic (exact) mass is 651 g/mol. The zero-order valence-electron chi connectivity index (χ0n) is 27.7. The van der Waals surface area contributed by atoms with Gasteiger partial charge in [0.15, 0.2) is 5.16 Å². The second kappa shape index (κ2) is 15.2. The third kappa shape index (κ3) is 7.63. The highest BCUT2D eigenvalue weighted by atomic mass is 32.2. The fourth-order valence-electron chi connectivity index (χ4n) is 5.84. The van der Waals surface area contributed by atoms with E-state index in [-0.39, 0.29) is 19.1 Å². The fraction of sp³-hybridized carbons (Fsp3) is 0.289. The summed E-state index contributed by atoms with van der Waals surface area (Å²) in [5, 5.41) is 3.27. The summed E-state index contributed by atoms with van der Waals surface area (Å²) >= 11 is 1.61. The summed E-state index contributed by atoms with van der Waals surface area (Å²) in [6.45, 7) is 10.3. The third-order valence-electron chi connectivity index (χ3n) is 8.57. The first-order chi connectivity index (χ1) is 22.7. The van der Waals surface area contributed by atoms with Crippen molar-refractivity contribution in [2.24, 2.45) is 0 Å². The lowest BCUT2D eigenvalue weighted by Gasteiger charge is -2.17. The largest absolute Gasteiger partial charge is 0.496 e. The minimum atomic E-state index is -0.677. The van der Waals surface area contributed by atoms with Crippen molar-refractivity contribution in [2.45, 2.75) is 52.1 Å². The number of amides is 1. The van der Waals surface area contributed by atoms with E-state index in [0.717, 1.165) is 62.0 Å². The maximum absolute atomic E-state index is 12.6. The number of fused-ring (bicyclic) bond motifs is 4. The molecular weight excluding hydrogens is 611 g/mol. The Labute approximate surface area is 280 Å². The van der Waals surface area contributed by atoms with Crippen LogP contribution in [-0.4, -0.2) is 48.0 Å². The Balaban J connectivity index is 1.16. The second-order valence-corrected chi connectivity index (χ2v) is 12.4. The number of thioether (sulfide) groups is 1. The predicted molar refractivity (Wildman–Crippen MR) is 188 cm³/mol. The van der Waals surface area contributed by atoms with Crippen molar-refractivity contribution in [3.63, 3.8) is 0 Å². The van der Waals surface area contributed by atoms with Gasteiger partial charge in [-0.05, 0) is 85.2 Å². The number of nitrogens with zero attached hydrogens (tertiary/aromatic N) is 1. The van der Waals surface area contributed by atoms with Crippen LogP contribution in [0.3, 0.4) is 0 Å². The highest BCUT2D eigenvalue weighted by Crippen LogP contribution is 2.44. The van der Waals surface area contributed by atoms with Crippen LogP contribution in [0, 0.1) is 0 Å². The molecule has 1 aliphatic carbocycles. The molecule has 8 nitrogen and oxygen atoms in total. The maximum atomic E-state index is 12.6. The lowest BCUT2D eigenvalue weighted by atomic mass is 9.98. The van der Waals surface area contributed by atoms with Crippen LogP contribution in [0.2, 0.25) is 0 Å². The van der Waals surface area contributed by atoms with Crippen LogP contribution in [0.5, 0.6) is 5.75 Å². The van der Waals surface area contributed by atoms with Crippen LogP contribution in [0.4, 0.5) is 4.79 Å². The fourth-order valence-corrected chi connectivity index (χ4v) is 6.93. The molecule has 47 heavy (non-hydrogen) atoms. The molecule has 1 amide bonds. The van der Waals surface area contributed by atoms with Crippen LogP contribution in [-0.2, 0) is 14.3 Å². The molecule has 1 heterocycles. The zero-order chi connectivity index (χ0) is 33.5. The normalized spacial score (nSPS) is 13.8. The molecule has 3 aromatic carbocycles. The van der Waals surface area contributed by atoms with Gasteiger partial charge in [0.25, 0.3) is 0 Å². The van der Waals surface area contributed by atoms with Crippen molar-refractivity contribution in [3.05, 3.63) is 112 Å². The van der Waals surface area contributed by atoms with Crippen molar-refractivity contribution >= 4 is 34.9 Å². The van der Waals surface area contributed by atoms with Gasteiger partial charge < -0.3 is 24.5 Å². The summed E-state index contributed by atoms with van der Waals surface area (Å²) in [6, 6.07) is 21.5. The number of rotatable bonds is 12. The van der Waals surface area contributed by atoms with Gasteiger partial charge in [-0.1, -0.05) is 78.9 Å². The number of allylic oxidation sites excluding steroid dienone is 4. The van der Waals surface area contributed by atoms with Crippen LogP contribution < -0.4 is 10.1 Å². The highest BCUT2D eigenvalue weighted by Gasteiger charge is 2.29. The molecule has 9 heteroatoms. The molecule has 1 aromatic heterocycles. The number of H-pyrrole nitrogens is 1. The van der Waals surface area contributed by atoms with Crippen LogP contribution in [0.25, 0.3) is 22.2 Å². The summed E-state index contributed by atoms with van der Waals surface area (Å²) < 4.78 is 16.8. The van der Waals surface area contributed by atoms with Crippen molar-refractivity contribution in [2.75, 3.05) is 26.0 Å². The van der Waals surface area contributed by atoms with Gasteiger partial charge in [-0.15, -0.1) is 0 Å². The zero-order valence-corrected chi connectivity index (χ0v) is 28.5. The van der Waals surface area contributed by atoms with Gasteiger partial charge in [0.2, 0.25) is 0 Å². The molecule has 0 unspecified atom stereocenters. The Morgan fingerprint density at radius 2 is 1.68 bits per heavy atom. The number of nitrogens with one attached hydrogen (secondary N) is 2. The topological polar surface area (TPSA) is 103 Å². The molecule has 2 N–H and O–H groups in total. The molecule has 1 aliphatic rings. The van der Waals surface area contributed by atoms with E-state index in [9.17, 15) is 9.59 Å². The summed E-state index contributed by atoms with van der Waals surface area (Å²) in [7, 11) is 1.71. The first kappa shape index (κ1) is 33.6. The first-order valence-electron chi connectivity index (χ1n) is 15.7. The van der Waals surface area contributed by atoms with Crippen molar-refractivity contribution in [3.8, 4) is 16.9 Å². The minimum absolute atomic E-state index is 0.0623. The molecule has 4 aromatic rings. The Bertz CT molecular complexity index is 1840. The predicted octanol–water partition coefficient (Wildman–Crippen LogP) is 8.71. The molecule has 5 rings (SSSR count). The molecule has 0 spiro atoms. The van der Waals surface area contributed by atoms with E-state index in [1.54, 1.807) is 31.0 Å². The molecule has 0 saturated carbocycles. The number of aromatic nitrogens is 2. The van der Waals surface area contributed by atoms with E-state index in [1.807, 2.05) is 37.3 Å². The van der Waals surface area contributed by atoms with Crippen molar-refractivity contribution in [1.29, 1.82) is 0 Å². The molecule has 0 aliphatic heterocycles. The number of hydrogen-bond donors (Lipinski definition) is 2. The molecule has 244 valence electrons. The smallest absolute Gasteiger partial charge is 0.407 e. The van der Waals surface area contributed by atoms with Crippen LogP contribution in [0.1, 0.15) is 58.1 Å². The molecule has 0 saturated heterocycles. The Morgan fingerprint density at radius 1 is 1.00 bits per heavy atom. The van der Waals surface area contributed by atoms with E-state index in [1.165, 1.54) is 11.1 Å². The molecular formula is C38H41N3O5S. The maximum Gasteiger partial charge on any atom is 0.407 e. The number of alkyl carbamates (subject to hydrolysis) is 1. The summed E-state index contributed by atoms with van der Waals surface area (Å²) in [5.41, 5.74) is 10.8. The SMILES string of the molecule is C\C=C(C)/C(OC)=C(C)\C(CSc1nc2cc(OC(=O)CNC(=O)OCC3c4ccccc4-c4ccccc43)ccc2[nH]1)=C(\C)CC. The molecule has 0 fully saturated rings. The number of hydrogen-bond acceptors (Lipinski definition) is 7. The van der Waals surface area contributed by atoms with Crippen LogP contribution in [0.15, 0.2) is 106 Å². The number of ether oxygens (including phenoxy) is 3. The Morgan fingerprint density at radius 3 is 2.32 bits per heavy atom. The van der Waals surface area contributed by atoms with Gasteiger partial charge >= 0.3 is 12.1 Å². The Hall–Kier alpha value is -4.76. The number of carbonyl (C=O) groups is 2. The van der Waals surface area contributed by atoms with Gasteiger partial charge in [0, 0.05) is 17.7 Å². The highest BCUT2D eigenvalue weighted by molar-refractivity contribution is 7.99. The summed E-state index contributed by atoms with van der Waals surface area (Å²) in [6.07, 6.45) is 2.31. The standard InChI is InChI=1S/C38H41N3O5S/c1-7-23(3)32(25(5)36(44-6)24(4)8-2)22-47-37-40-33-18-17-26(19-34(33)41-37)46-35(42)20-39-38(43)45-21-31-29-15-11-9-13-27(29)28-14-10-12-16-30(28)31/h8-19,31H,7,20-22H2,1-6H3,(H,39,43)(H,40,41)/b24-8-,32-23-,36-25+. The van der Waals surface area contributed by atoms with Crippen molar-refractivity contribution in [1.82, 2.24) is 15.3 Å². The molecule has 0 atom stereocenters. The van der Waals surface area contributed by atoms with E-state index >= 15 is 0 Å². The number of imidazole rings is 1. The van der Waals surface area contributed by atoms with Gasteiger partial charge in [0.05, 0.1) is 18.1 Å². The van der Waals surface area contributed by atoms with E-state index in [4.69, 9.17) is 19.2 Å². The average molecular weight is 652 g/mol. The summed E-state index contributed by atoms with van der Waals surface area (Å²) in [4.78, 5) is 33.2. The van der Waals surface area contributed by atoms with Gasteiger partial charge in [-0.2, -0.15) is 0 Å². The summed E-state index contributed by atoms with van der Waals surface area (Å²) in [5.74, 6) is 1.28. The number of carbonyl (C=O) groups excluding carboxylic acids is 2. The van der Waals surface area contributed by atoms with E-state index in [0.29, 0.717) is 11.3 Å². The van der Waals surface area contributed by atoms with E-state index < -0.39 is 12.1 Å². The van der Waals surface area contributed by atoms with Crippen molar-refractivity contribution < 1.29 is 23.8 Å². The molecule has 0 radical (unpaired) electrons. The lowest BCUT2D eigenvalue weighted by Crippen LogP contribution is -2.33. The molecule has 0 bridgehead atoms. The Kier molecular flexibility index (Phi) is 10.9. The lowest BCUT2D eigenvalue weighted by molar-refractivity contribution is -0.133. The van der Waals surface area contributed by atoms with Gasteiger partial charge in [-0.3, -0.25) is 0 Å². The van der Waals surface area contributed by atoms with Crippen LogP contribution >= 0.6 is 11.8 Å². The third-order valence-corrected chi connectivity index (χ3v) is 9.47. The average Bonchev–Trinajstić information content (AvgIpc) is 3.64. The number of benzene rings is 3. The van der Waals surface area contributed by atoms with E-state index in [2.05, 4.69) is 68.3 Å². The first-order valence-corrected chi connectivity index (χ1v) is 16.7. The number of esters is 1. The number of aromatic amines is 1. The quantitative estimate of drug-likeness (QED) is 0.0519. The van der Waals surface area contributed by atoms with Gasteiger partial charge in [-0.25, -0.2) is 14.6 Å². The van der Waals surface area contributed by atoms with Gasteiger partial charge in [0.1, 0.15) is 24.7 Å². The second-order valence-electron chi connectivity index (χ2n) is 11.4.